The van der Waals surface area contributed by atoms with Crippen LogP contribution in [-0.2, 0) is 9.59 Å². The lowest BCUT2D eigenvalue weighted by Gasteiger charge is -2.20. The van der Waals surface area contributed by atoms with Crippen molar-refractivity contribution in [2.45, 2.75) is 45.2 Å². The Morgan fingerprint density at radius 1 is 1.17 bits per heavy atom. The Morgan fingerprint density at radius 3 is 2.21 bits per heavy atom. The van der Waals surface area contributed by atoms with Gasteiger partial charge in [-0.1, -0.05) is 19.8 Å². The maximum Gasteiger partial charge on any atom is 0.326 e. The second kappa shape index (κ2) is 9.64. The molecule has 7 heteroatoms. The van der Waals surface area contributed by atoms with Gasteiger partial charge in [-0.15, -0.1) is 0 Å². The third kappa shape index (κ3) is 5.98. The average molecular weight is 338 g/mol. The molecular formula is C17H26N2O5. The Morgan fingerprint density at radius 2 is 1.75 bits per heavy atom. The Bertz CT molecular complexity index is 540. The van der Waals surface area contributed by atoms with E-state index in [9.17, 15) is 14.7 Å². The molecule has 0 bridgehead atoms. The topological polar surface area (TPSA) is 96.9 Å². The number of ether oxygens (including phenoxy) is 2. The summed E-state index contributed by atoms with van der Waals surface area (Å²) in [6, 6.07) is 3.71. The molecule has 0 aliphatic carbocycles. The lowest BCUT2D eigenvalue weighted by atomic mass is 10.1. The molecule has 0 saturated heterocycles. The number of methoxy groups -OCH3 is 2. The number of carbonyl (C=O) groups excluding carboxylic acids is 1. The van der Waals surface area contributed by atoms with Crippen LogP contribution in [0.3, 0.4) is 0 Å². The normalized spacial score (nSPS) is 12.8. The predicted molar refractivity (Wildman–Crippen MR) is 91.7 cm³/mol. The highest BCUT2D eigenvalue weighted by molar-refractivity contribution is 5.88. The minimum atomic E-state index is -1.02. The van der Waals surface area contributed by atoms with Crippen molar-refractivity contribution in [2.75, 3.05) is 19.5 Å². The van der Waals surface area contributed by atoms with E-state index >= 15 is 0 Å². The molecule has 0 aromatic heterocycles. The van der Waals surface area contributed by atoms with Crippen molar-refractivity contribution < 1.29 is 24.2 Å². The maximum absolute atomic E-state index is 12.2. The van der Waals surface area contributed by atoms with Gasteiger partial charge in [0.15, 0.2) is 0 Å². The van der Waals surface area contributed by atoms with Crippen molar-refractivity contribution in [1.82, 2.24) is 5.32 Å². The number of hydrogen-bond acceptors (Lipinski definition) is 5. The smallest absolute Gasteiger partial charge is 0.326 e. The Kier molecular flexibility index (Phi) is 7.88. The second-order valence-electron chi connectivity index (χ2n) is 5.51. The molecule has 0 spiro atoms. The molecule has 3 N–H and O–H groups in total. The summed E-state index contributed by atoms with van der Waals surface area (Å²) in [6.07, 6.45) is 2.03. The molecule has 7 nitrogen and oxygen atoms in total. The molecule has 24 heavy (non-hydrogen) atoms. The molecule has 0 fully saturated rings. The van der Waals surface area contributed by atoms with E-state index in [4.69, 9.17) is 9.47 Å². The predicted octanol–water partition coefficient (Wildman–Crippen LogP) is 2.26. The van der Waals surface area contributed by atoms with E-state index in [2.05, 4.69) is 10.6 Å². The standard InChI is InChI=1S/C17H26N2O5/c1-5-6-7-15(17(21)22)19-16(20)11(2)18-12-8-13(23-3)10-14(9-12)24-4/h8-11,15,18H,5-7H2,1-4H3,(H,19,20)(H,21,22)/t11-,15?/m0/s1. The second-order valence-corrected chi connectivity index (χ2v) is 5.51. The summed E-state index contributed by atoms with van der Waals surface area (Å²) >= 11 is 0. The summed E-state index contributed by atoms with van der Waals surface area (Å²) in [5.74, 6) is -0.209. The van der Waals surface area contributed by atoms with Gasteiger partial charge in [0, 0.05) is 23.9 Å². The Labute approximate surface area is 142 Å². The van der Waals surface area contributed by atoms with Crippen molar-refractivity contribution in [3.05, 3.63) is 18.2 Å². The van der Waals surface area contributed by atoms with Gasteiger partial charge in [0.25, 0.3) is 0 Å². The number of carbonyl (C=O) groups is 2. The molecular weight excluding hydrogens is 312 g/mol. The monoisotopic (exact) mass is 338 g/mol. The number of carboxylic acid groups (broad SMARTS) is 1. The van der Waals surface area contributed by atoms with Crippen LogP contribution in [0.2, 0.25) is 0 Å². The highest BCUT2D eigenvalue weighted by Crippen LogP contribution is 2.26. The number of rotatable bonds is 10. The van der Waals surface area contributed by atoms with Crippen LogP contribution < -0.4 is 20.1 Å². The highest BCUT2D eigenvalue weighted by Gasteiger charge is 2.22. The van der Waals surface area contributed by atoms with Crippen molar-refractivity contribution in [2.24, 2.45) is 0 Å². The van der Waals surface area contributed by atoms with Gasteiger partial charge in [-0.2, -0.15) is 0 Å². The van der Waals surface area contributed by atoms with E-state index < -0.39 is 18.1 Å². The van der Waals surface area contributed by atoms with E-state index in [1.807, 2.05) is 6.92 Å². The zero-order chi connectivity index (χ0) is 18.1. The first-order valence-corrected chi connectivity index (χ1v) is 7.94. The molecule has 0 saturated carbocycles. The van der Waals surface area contributed by atoms with Crippen molar-refractivity contribution in [1.29, 1.82) is 0 Å². The SMILES string of the molecule is CCCCC(NC(=O)[C@H](C)Nc1cc(OC)cc(OC)c1)C(=O)O. The lowest BCUT2D eigenvalue weighted by molar-refractivity contribution is -0.142. The maximum atomic E-state index is 12.2. The van der Waals surface area contributed by atoms with E-state index in [0.29, 0.717) is 23.6 Å². The molecule has 1 rings (SSSR count). The van der Waals surface area contributed by atoms with Crippen LogP contribution in [-0.4, -0.2) is 43.3 Å². The van der Waals surface area contributed by atoms with Gasteiger partial charge >= 0.3 is 5.97 Å². The van der Waals surface area contributed by atoms with Crippen LogP contribution in [0.1, 0.15) is 33.1 Å². The molecule has 0 aliphatic heterocycles. The third-order valence-corrected chi connectivity index (χ3v) is 3.59. The van der Waals surface area contributed by atoms with Crippen LogP contribution in [0.15, 0.2) is 18.2 Å². The molecule has 2 atom stereocenters. The molecule has 0 radical (unpaired) electrons. The molecule has 1 aromatic rings. The zero-order valence-corrected chi connectivity index (χ0v) is 14.6. The first-order chi connectivity index (χ1) is 11.4. The summed E-state index contributed by atoms with van der Waals surface area (Å²) in [6.45, 7) is 3.64. The van der Waals surface area contributed by atoms with Gasteiger partial charge in [-0.05, 0) is 13.3 Å². The number of aliphatic carboxylic acids is 1. The van der Waals surface area contributed by atoms with Crippen LogP contribution in [0.5, 0.6) is 11.5 Å². The number of amides is 1. The van der Waals surface area contributed by atoms with Gasteiger partial charge in [0.05, 0.1) is 14.2 Å². The van der Waals surface area contributed by atoms with Crippen molar-refractivity contribution in [3.8, 4) is 11.5 Å². The van der Waals surface area contributed by atoms with Crippen molar-refractivity contribution in [3.63, 3.8) is 0 Å². The van der Waals surface area contributed by atoms with Crippen LogP contribution in [0.25, 0.3) is 0 Å². The summed E-state index contributed by atoms with van der Waals surface area (Å²) < 4.78 is 10.4. The quantitative estimate of drug-likeness (QED) is 0.605. The van der Waals surface area contributed by atoms with E-state index in [1.54, 1.807) is 39.3 Å². The molecule has 134 valence electrons. The van der Waals surface area contributed by atoms with Crippen molar-refractivity contribution >= 4 is 17.6 Å². The minimum absolute atomic E-state index is 0.375. The van der Waals surface area contributed by atoms with E-state index in [-0.39, 0.29) is 5.91 Å². The van der Waals surface area contributed by atoms with E-state index in [1.165, 1.54) is 0 Å². The zero-order valence-electron chi connectivity index (χ0n) is 14.6. The summed E-state index contributed by atoms with van der Waals surface area (Å²) in [5, 5.41) is 14.8. The Balaban J connectivity index is 2.73. The highest BCUT2D eigenvalue weighted by atomic mass is 16.5. The number of nitrogens with one attached hydrogen (secondary N) is 2. The fourth-order valence-electron chi connectivity index (χ4n) is 2.17. The lowest BCUT2D eigenvalue weighted by Crippen LogP contribution is -2.46. The van der Waals surface area contributed by atoms with Gasteiger partial charge in [0.1, 0.15) is 23.6 Å². The summed E-state index contributed by atoms with van der Waals surface area (Å²) in [5.41, 5.74) is 0.647. The van der Waals surface area contributed by atoms with Crippen LogP contribution in [0.4, 0.5) is 5.69 Å². The number of anilines is 1. The summed E-state index contributed by atoms with van der Waals surface area (Å²) in [7, 11) is 3.08. The molecule has 0 aliphatic rings. The number of unbranched alkanes of at least 4 members (excludes halogenated alkanes) is 1. The minimum Gasteiger partial charge on any atom is -0.497 e. The first kappa shape index (κ1) is 19.6. The largest absolute Gasteiger partial charge is 0.497 e. The third-order valence-electron chi connectivity index (χ3n) is 3.59. The number of carboxylic acids is 1. The summed E-state index contributed by atoms with van der Waals surface area (Å²) in [4.78, 5) is 23.5. The number of benzene rings is 1. The fraction of sp³-hybridized carbons (Fsp3) is 0.529. The first-order valence-electron chi connectivity index (χ1n) is 7.94. The van der Waals surface area contributed by atoms with Crippen LogP contribution >= 0.6 is 0 Å². The molecule has 1 amide bonds. The van der Waals surface area contributed by atoms with Gasteiger partial charge in [-0.25, -0.2) is 4.79 Å². The molecule has 1 aromatic carbocycles. The fourth-order valence-corrected chi connectivity index (χ4v) is 2.17. The molecule has 0 heterocycles. The molecule has 1 unspecified atom stereocenters. The Hall–Kier alpha value is -2.44. The number of hydrogen-bond donors (Lipinski definition) is 3. The van der Waals surface area contributed by atoms with Crippen LogP contribution in [0, 0.1) is 0 Å². The van der Waals surface area contributed by atoms with Gasteiger partial charge in [-0.3, -0.25) is 4.79 Å². The van der Waals surface area contributed by atoms with Gasteiger partial charge in [0.2, 0.25) is 5.91 Å². The average Bonchev–Trinajstić information content (AvgIpc) is 2.57. The van der Waals surface area contributed by atoms with E-state index in [0.717, 1.165) is 12.8 Å². The van der Waals surface area contributed by atoms with Gasteiger partial charge < -0.3 is 25.2 Å².